The van der Waals surface area contributed by atoms with Gasteiger partial charge in [0.15, 0.2) is 11.5 Å². The Morgan fingerprint density at radius 2 is 1.92 bits per heavy atom. The molecule has 0 atom stereocenters. The molecule has 0 aromatic heterocycles. The van der Waals surface area contributed by atoms with Crippen LogP contribution >= 0.6 is 0 Å². The number of hydrogen-bond acceptors (Lipinski definition) is 2. The van der Waals surface area contributed by atoms with Crippen molar-refractivity contribution in [2.75, 3.05) is 6.61 Å². The van der Waals surface area contributed by atoms with Crippen molar-refractivity contribution in [3.63, 3.8) is 0 Å². The molecule has 1 aromatic carbocycles. The molecule has 0 saturated carbocycles. The van der Waals surface area contributed by atoms with E-state index in [0.717, 1.165) is 5.56 Å². The van der Waals surface area contributed by atoms with Crippen LogP contribution in [0, 0.1) is 6.92 Å². The lowest BCUT2D eigenvalue weighted by Gasteiger charge is -2.05. The fourth-order valence-corrected chi connectivity index (χ4v) is 0.892. The Morgan fingerprint density at radius 3 is 2.46 bits per heavy atom. The number of benzene rings is 1. The molecule has 0 unspecified atom stereocenters. The summed E-state index contributed by atoms with van der Waals surface area (Å²) in [5.41, 5.74) is 1.09. The number of aromatic hydroxyl groups is 1. The normalized spacial score (nSPS) is 8.62. The van der Waals surface area contributed by atoms with Gasteiger partial charge in [0.05, 0.1) is 6.61 Å². The van der Waals surface area contributed by atoms with E-state index in [1.54, 1.807) is 6.07 Å². The molecule has 0 aliphatic heterocycles. The predicted molar refractivity (Wildman–Crippen MR) is 55.4 cm³/mol. The minimum Gasteiger partial charge on any atom is -0.504 e. The van der Waals surface area contributed by atoms with E-state index < -0.39 is 0 Å². The topological polar surface area (TPSA) is 29.5 Å². The summed E-state index contributed by atoms with van der Waals surface area (Å²) in [5, 5.41) is 9.24. The van der Waals surface area contributed by atoms with E-state index in [-0.39, 0.29) is 5.75 Å². The van der Waals surface area contributed by atoms with Crippen LogP contribution in [0.3, 0.4) is 0 Å². The van der Waals surface area contributed by atoms with Gasteiger partial charge in [0, 0.05) is 0 Å². The van der Waals surface area contributed by atoms with Crippen LogP contribution in [0.2, 0.25) is 0 Å². The number of phenolic OH excluding ortho intramolecular Hbond substituents is 1. The van der Waals surface area contributed by atoms with Crippen molar-refractivity contribution in [1.29, 1.82) is 0 Å². The van der Waals surface area contributed by atoms with Gasteiger partial charge in [-0.1, -0.05) is 19.9 Å². The van der Waals surface area contributed by atoms with Crippen molar-refractivity contribution in [1.82, 2.24) is 0 Å². The molecule has 1 rings (SSSR count). The van der Waals surface area contributed by atoms with Crippen molar-refractivity contribution in [3.05, 3.63) is 23.8 Å². The van der Waals surface area contributed by atoms with Gasteiger partial charge in [-0.25, -0.2) is 0 Å². The Morgan fingerprint density at radius 1 is 1.31 bits per heavy atom. The van der Waals surface area contributed by atoms with E-state index in [9.17, 15) is 5.11 Å². The molecular weight excluding hydrogens is 164 g/mol. The number of phenols is 1. The molecule has 1 N–H and O–H groups in total. The summed E-state index contributed by atoms with van der Waals surface area (Å²) in [7, 11) is 0. The van der Waals surface area contributed by atoms with E-state index in [1.165, 1.54) is 0 Å². The zero-order valence-electron chi connectivity index (χ0n) is 8.79. The van der Waals surface area contributed by atoms with Gasteiger partial charge in [0.25, 0.3) is 0 Å². The Kier molecular flexibility index (Phi) is 5.77. The molecule has 0 aliphatic rings. The summed E-state index contributed by atoms with van der Waals surface area (Å²) in [4.78, 5) is 0. The molecule has 0 bridgehead atoms. The third-order valence-electron chi connectivity index (χ3n) is 1.42. The van der Waals surface area contributed by atoms with Crippen molar-refractivity contribution >= 4 is 0 Å². The van der Waals surface area contributed by atoms with E-state index in [4.69, 9.17) is 4.74 Å². The summed E-state index contributed by atoms with van der Waals surface area (Å²) in [6.45, 7) is 8.43. The van der Waals surface area contributed by atoms with Gasteiger partial charge in [-0.15, -0.1) is 0 Å². The van der Waals surface area contributed by atoms with Crippen LogP contribution in [-0.2, 0) is 0 Å². The molecule has 2 nitrogen and oxygen atoms in total. The first kappa shape index (κ1) is 11.8. The van der Waals surface area contributed by atoms with Crippen LogP contribution in [0.5, 0.6) is 11.5 Å². The maximum absolute atomic E-state index is 9.24. The Labute approximate surface area is 80.2 Å². The molecule has 0 heterocycles. The minimum absolute atomic E-state index is 0.206. The first-order valence-electron chi connectivity index (χ1n) is 4.66. The standard InChI is InChI=1S/C9H12O2.C2H6/c1-3-11-9-6-7(2)4-5-8(9)10;1-2/h4-6,10H,3H2,1-2H3;1-2H3. The quantitative estimate of drug-likeness (QED) is 0.761. The van der Waals surface area contributed by atoms with Crippen molar-refractivity contribution in [2.24, 2.45) is 0 Å². The van der Waals surface area contributed by atoms with E-state index in [2.05, 4.69) is 0 Å². The number of rotatable bonds is 2. The molecule has 13 heavy (non-hydrogen) atoms. The maximum Gasteiger partial charge on any atom is 0.161 e. The first-order valence-corrected chi connectivity index (χ1v) is 4.66. The Bertz CT molecular complexity index is 244. The van der Waals surface area contributed by atoms with Gasteiger partial charge in [0.2, 0.25) is 0 Å². The lowest BCUT2D eigenvalue weighted by molar-refractivity contribution is 0.318. The summed E-state index contributed by atoms with van der Waals surface area (Å²) in [6, 6.07) is 5.30. The third kappa shape index (κ3) is 3.83. The van der Waals surface area contributed by atoms with E-state index in [1.807, 2.05) is 39.8 Å². The molecule has 0 radical (unpaired) electrons. The van der Waals surface area contributed by atoms with Gasteiger partial charge in [0.1, 0.15) is 0 Å². The average Bonchev–Trinajstić information content (AvgIpc) is 2.15. The molecular formula is C11H18O2. The van der Waals surface area contributed by atoms with Gasteiger partial charge in [-0.05, 0) is 31.5 Å². The SMILES string of the molecule is CC.CCOc1cc(C)ccc1O. The monoisotopic (exact) mass is 182 g/mol. The molecule has 0 amide bonds. The Balaban J connectivity index is 0.000000671. The molecule has 2 heteroatoms. The number of hydrogen-bond donors (Lipinski definition) is 1. The van der Waals surface area contributed by atoms with Crippen LogP contribution in [0.25, 0.3) is 0 Å². The van der Waals surface area contributed by atoms with Gasteiger partial charge in [-0.3, -0.25) is 0 Å². The molecule has 0 fully saturated rings. The summed E-state index contributed by atoms with van der Waals surface area (Å²) in [6.07, 6.45) is 0. The lowest BCUT2D eigenvalue weighted by Crippen LogP contribution is -1.91. The van der Waals surface area contributed by atoms with Crippen LogP contribution < -0.4 is 4.74 Å². The second-order valence-corrected chi connectivity index (χ2v) is 2.40. The molecule has 1 aromatic rings. The summed E-state index contributed by atoms with van der Waals surface area (Å²) >= 11 is 0. The van der Waals surface area contributed by atoms with Crippen molar-refractivity contribution in [3.8, 4) is 11.5 Å². The molecule has 0 spiro atoms. The van der Waals surface area contributed by atoms with Gasteiger partial charge < -0.3 is 9.84 Å². The van der Waals surface area contributed by atoms with Crippen molar-refractivity contribution in [2.45, 2.75) is 27.7 Å². The zero-order valence-corrected chi connectivity index (χ0v) is 8.79. The molecule has 74 valence electrons. The van der Waals surface area contributed by atoms with Crippen LogP contribution in [0.1, 0.15) is 26.3 Å². The maximum atomic E-state index is 9.24. The smallest absolute Gasteiger partial charge is 0.161 e. The first-order chi connectivity index (χ1) is 6.24. The second-order valence-electron chi connectivity index (χ2n) is 2.40. The number of aryl methyl sites for hydroxylation is 1. The highest BCUT2D eigenvalue weighted by atomic mass is 16.5. The lowest BCUT2D eigenvalue weighted by atomic mass is 10.2. The van der Waals surface area contributed by atoms with Crippen LogP contribution in [0.4, 0.5) is 0 Å². The van der Waals surface area contributed by atoms with E-state index in [0.29, 0.717) is 12.4 Å². The summed E-state index contributed by atoms with van der Waals surface area (Å²) in [5.74, 6) is 0.768. The fraction of sp³-hybridized carbons (Fsp3) is 0.455. The third-order valence-corrected chi connectivity index (χ3v) is 1.42. The van der Waals surface area contributed by atoms with Gasteiger partial charge in [-0.2, -0.15) is 0 Å². The highest BCUT2D eigenvalue weighted by molar-refractivity contribution is 5.41. The summed E-state index contributed by atoms with van der Waals surface area (Å²) < 4.78 is 5.17. The van der Waals surface area contributed by atoms with Crippen molar-refractivity contribution < 1.29 is 9.84 Å². The molecule has 0 aliphatic carbocycles. The fourth-order valence-electron chi connectivity index (χ4n) is 0.892. The van der Waals surface area contributed by atoms with Gasteiger partial charge >= 0.3 is 0 Å². The second kappa shape index (κ2) is 6.35. The highest BCUT2D eigenvalue weighted by Gasteiger charge is 1.99. The minimum atomic E-state index is 0.206. The highest BCUT2D eigenvalue weighted by Crippen LogP contribution is 2.26. The zero-order chi connectivity index (χ0) is 10.3. The predicted octanol–water partition coefficient (Wildman–Crippen LogP) is 3.13. The number of ether oxygens (including phenoxy) is 1. The largest absolute Gasteiger partial charge is 0.504 e. The van der Waals surface area contributed by atoms with Crippen LogP contribution in [0.15, 0.2) is 18.2 Å². The average molecular weight is 182 g/mol. The molecule has 0 saturated heterocycles. The van der Waals surface area contributed by atoms with E-state index >= 15 is 0 Å². The van der Waals surface area contributed by atoms with Crippen LogP contribution in [-0.4, -0.2) is 11.7 Å². The Hall–Kier alpha value is -1.18.